The fourth-order valence-electron chi connectivity index (χ4n) is 1.38. The normalized spacial score (nSPS) is 13.4. The Kier molecular flexibility index (Phi) is 3.69. The Balaban J connectivity index is 2.63. The first-order valence-electron chi connectivity index (χ1n) is 4.78. The summed E-state index contributed by atoms with van der Waals surface area (Å²) in [6.45, 7) is 3.37. The van der Waals surface area contributed by atoms with Gasteiger partial charge < -0.3 is 5.32 Å². The number of aryl methyl sites for hydroxylation is 1. The highest BCUT2D eigenvalue weighted by Crippen LogP contribution is 2.02. The maximum absolute atomic E-state index is 11.7. The molecule has 16 heavy (non-hydrogen) atoms. The lowest BCUT2D eigenvalue weighted by Gasteiger charge is -2.12. The van der Waals surface area contributed by atoms with E-state index in [1.54, 1.807) is 13.8 Å². The molecular formula is C9H15N3O3S. The van der Waals surface area contributed by atoms with E-state index < -0.39 is 15.9 Å². The molecule has 1 aromatic heterocycles. The van der Waals surface area contributed by atoms with Gasteiger partial charge in [-0.15, -0.1) is 0 Å². The lowest BCUT2D eigenvalue weighted by Crippen LogP contribution is -2.37. The molecule has 1 rings (SSSR count). The molecule has 0 saturated heterocycles. The lowest BCUT2D eigenvalue weighted by atomic mass is 10.2. The van der Waals surface area contributed by atoms with Crippen molar-refractivity contribution in [2.24, 2.45) is 0 Å². The predicted molar refractivity (Wildman–Crippen MR) is 60.0 cm³/mol. The van der Waals surface area contributed by atoms with Crippen LogP contribution in [0.2, 0.25) is 0 Å². The zero-order chi connectivity index (χ0) is 12.3. The number of carbonyl (C=O) groups excluding carboxylic acids is 1. The highest BCUT2D eigenvalue weighted by Gasteiger charge is 2.16. The number of H-pyrrole nitrogens is 1. The van der Waals surface area contributed by atoms with Crippen LogP contribution in [-0.4, -0.2) is 42.6 Å². The molecule has 1 atom stereocenters. The average Bonchev–Trinajstić information content (AvgIpc) is 2.47. The summed E-state index contributed by atoms with van der Waals surface area (Å²) in [4.78, 5) is 11.7. The van der Waals surface area contributed by atoms with Crippen LogP contribution in [0.4, 0.5) is 0 Å². The topological polar surface area (TPSA) is 91.9 Å². The maximum Gasteiger partial charge on any atom is 0.254 e. The number of carbonyl (C=O) groups is 1. The van der Waals surface area contributed by atoms with Gasteiger partial charge in [-0.3, -0.25) is 9.89 Å². The molecule has 0 radical (unpaired) electrons. The van der Waals surface area contributed by atoms with E-state index in [-0.39, 0.29) is 11.7 Å². The van der Waals surface area contributed by atoms with Gasteiger partial charge in [0.05, 0.1) is 17.5 Å². The second kappa shape index (κ2) is 4.65. The van der Waals surface area contributed by atoms with Crippen LogP contribution in [0.25, 0.3) is 0 Å². The first-order valence-corrected chi connectivity index (χ1v) is 6.84. The first-order chi connectivity index (χ1) is 7.29. The van der Waals surface area contributed by atoms with Gasteiger partial charge in [0, 0.05) is 18.0 Å². The summed E-state index contributed by atoms with van der Waals surface area (Å²) < 4.78 is 22.0. The number of hydrogen-bond donors (Lipinski definition) is 2. The molecule has 2 N–H and O–H groups in total. The third-order valence-corrected chi connectivity index (χ3v) is 3.11. The molecule has 0 fully saturated rings. The van der Waals surface area contributed by atoms with Crippen molar-refractivity contribution in [1.82, 2.24) is 15.5 Å². The van der Waals surface area contributed by atoms with Crippen LogP contribution >= 0.6 is 0 Å². The standard InChI is InChI=1S/C9H15N3O3S/c1-6(5-16(3,14)15)11-9(13)8-4-10-12-7(8)2/h4,6H,5H2,1-3H3,(H,10,12)(H,11,13). The van der Waals surface area contributed by atoms with E-state index in [0.29, 0.717) is 11.3 Å². The predicted octanol–water partition coefficient (Wildman–Crippen LogP) is -0.119. The number of sulfone groups is 1. The summed E-state index contributed by atoms with van der Waals surface area (Å²) in [7, 11) is -3.09. The summed E-state index contributed by atoms with van der Waals surface area (Å²) in [5, 5.41) is 8.96. The van der Waals surface area contributed by atoms with Crippen molar-refractivity contribution >= 4 is 15.7 Å². The number of rotatable bonds is 4. The summed E-state index contributed by atoms with van der Waals surface area (Å²) >= 11 is 0. The molecule has 0 aromatic carbocycles. The van der Waals surface area contributed by atoms with E-state index in [2.05, 4.69) is 15.5 Å². The Hall–Kier alpha value is -1.37. The van der Waals surface area contributed by atoms with Crippen molar-refractivity contribution in [3.63, 3.8) is 0 Å². The molecule has 0 bridgehead atoms. The molecule has 0 aliphatic rings. The molecule has 1 aromatic rings. The minimum atomic E-state index is -3.09. The van der Waals surface area contributed by atoms with Crippen molar-refractivity contribution in [2.45, 2.75) is 19.9 Å². The third-order valence-electron chi connectivity index (χ3n) is 2.00. The SMILES string of the molecule is Cc1[nH]ncc1C(=O)NC(C)CS(C)(=O)=O. The van der Waals surface area contributed by atoms with E-state index in [9.17, 15) is 13.2 Å². The minimum absolute atomic E-state index is 0.0738. The van der Waals surface area contributed by atoms with Crippen molar-refractivity contribution in [3.8, 4) is 0 Å². The number of hydrogen-bond acceptors (Lipinski definition) is 4. The smallest absolute Gasteiger partial charge is 0.254 e. The summed E-state index contributed by atoms with van der Waals surface area (Å²) in [5.74, 6) is -0.391. The molecule has 6 nitrogen and oxygen atoms in total. The van der Waals surface area contributed by atoms with Gasteiger partial charge >= 0.3 is 0 Å². The molecule has 0 aliphatic heterocycles. The van der Waals surface area contributed by atoms with Gasteiger partial charge in [-0.25, -0.2) is 8.42 Å². The molecule has 1 unspecified atom stereocenters. The van der Waals surface area contributed by atoms with Crippen LogP contribution in [0.3, 0.4) is 0 Å². The number of nitrogens with one attached hydrogen (secondary N) is 2. The molecular weight excluding hydrogens is 230 g/mol. The molecule has 0 saturated carbocycles. The van der Waals surface area contributed by atoms with Gasteiger partial charge in [0.2, 0.25) is 0 Å². The van der Waals surface area contributed by atoms with E-state index in [1.165, 1.54) is 6.20 Å². The van der Waals surface area contributed by atoms with Crippen LogP contribution in [0.1, 0.15) is 23.0 Å². The Bertz CT molecular complexity index is 478. The molecule has 1 amide bonds. The average molecular weight is 245 g/mol. The van der Waals surface area contributed by atoms with E-state index in [1.807, 2.05) is 0 Å². The van der Waals surface area contributed by atoms with Gasteiger partial charge in [-0.2, -0.15) is 5.10 Å². The van der Waals surface area contributed by atoms with Crippen molar-refractivity contribution < 1.29 is 13.2 Å². The minimum Gasteiger partial charge on any atom is -0.348 e. The quantitative estimate of drug-likeness (QED) is 0.773. The van der Waals surface area contributed by atoms with Crippen LogP contribution in [-0.2, 0) is 9.84 Å². The van der Waals surface area contributed by atoms with Crippen LogP contribution in [0.5, 0.6) is 0 Å². The van der Waals surface area contributed by atoms with E-state index in [0.717, 1.165) is 6.26 Å². The Morgan fingerprint density at radius 2 is 2.25 bits per heavy atom. The largest absolute Gasteiger partial charge is 0.348 e. The Morgan fingerprint density at radius 3 is 2.69 bits per heavy atom. The number of aromatic nitrogens is 2. The van der Waals surface area contributed by atoms with Crippen LogP contribution in [0.15, 0.2) is 6.20 Å². The summed E-state index contributed by atoms with van der Waals surface area (Å²) in [6, 6.07) is -0.420. The Labute approximate surface area is 94.4 Å². The van der Waals surface area contributed by atoms with Gasteiger partial charge in [0.25, 0.3) is 5.91 Å². The van der Waals surface area contributed by atoms with Crippen molar-refractivity contribution in [3.05, 3.63) is 17.5 Å². The summed E-state index contributed by atoms with van der Waals surface area (Å²) in [6.07, 6.45) is 2.55. The maximum atomic E-state index is 11.7. The molecule has 1 heterocycles. The molecule has 0 spiro atoms. The number of aromatic amines is 1. The second-order valence-corrected chi connectivity index (χ2v) is 6.06. The zero-order valence-electron chi connectivity index (χ0n) is 9.44. The fourth-order valence-corrected chi connectivity index (χ4v) is 2.37. The number of amides is 1. The second-order valence-electron chi connectivity index (χ2n) is 3.88. The van der Waals surface area contributed by atoms with Crippen LogP contribution < -0.4 is 5.32 Å². The zero-order valence-corrected chi connectivity index (χ0v) is 10.3. The van der Waals surface area contributed by atoms with Crippen molar-refractivity contribution in [2.75, 3.05) is 12.0 Å². The third kappa shape index (κ3) is 3.65. The highest BCUT2D eigenvalue weighted by atomic mass is 32.2. The van der Waals surface area contributed by atoms with Gasteiger partial charge in [-0.05, 0) is 13.8 Å². The van der Waals surface area contributed by atoms with E-state index >= 15 is 0 Å². The first kappa shape index (κ1) is 12.7. The molecule has 90 valence electrons. The fraction of sp³-hybridized carbons (Fsp3) is 0.556. The van der Waals surface area contributed by atoms with Gasteiger partial charge in [-0.1, -0.05) is 0 Å². The summed E-state index contributed by atoms with van der Waals surface area (Å²) in [5.41, 5.74) is 1.09. The van der Waals surface area contributed by atoms with Gasteiger partial charge in [0.15, 0.2) is 0 Å². The molecule has 7 heteroatoms. The Morgan fingerprint density at radius 1 is 1.62 bits per heavy atom. The molecule has 0 aliphatic carbocycles. The lowest BCUT2D eigenvalue weighted by molar-refractivity contribution is 0.0943. The monoisotopic (exact) mass is 245 g/mol. The number of nitrogens with zero attached hydrogens (tertiary/aromatic N) is 1. The van der Waals surface area contributed by atoms with E-state index in [4.69, 9.17) is 0 Å². The van der Waals surface area contributed by atoms with Gasteiger partial charge in [0.1, 0.15) is 9.84 Å². The highest BCUT2D eigenvalue weighted by molar-refractivity contribution is 7.90. The van der Waals surface area contributed by atoms with Crippen LogP contribution in [0, 0.1) is 6.92 Å². The van der Waals surface area contributed by atoms with Crippen molar-refractivity contribution in [1.29, 1.82) is 0 Å².